The molecule has 0 bridgehead atoms. The Balaban J connectivity index is 1.35. The van der Waals surface area contributed by atoms with Gasteiger partial charge in [0.05, 0.1) is 38.6 Å². The van der Waals surface area contributed by atoms with Crippen molar-refractivity contribution in [1.29, 1.82) is 0 Å². The first-order chi connectivity index (χ1) is 14.8. The third kappa shape index (κ3) is 3.82. The minimum Gasteiger partial charge on any atom is -0.345 e. The molecule has 0 spiro atoms. The van der Waals surface area contributed by atoms with Crippen LogP contribution in [0.2, 0.25) is 0 Å². The third-order valence-electron chi connectivity index (χ3n) is 5.12. The number of imidazole rings is 1. The number of nitrogens with zero attached hydrogens (tertiary/aromatic N) is 2. The highest BCUT2D eigenvalue weighted by Gasteiger charge is 2.18. The predicted octanol–water partition coefficient (Wildman–Crippen LogP) is 5.01. The summed E-state index contributed by atoms with van der Waals surface area (Å²) in [4.78, 5) is 24.9. The molecule has 30 heavy (non-hydrogen) atoms. The minimum absolute atomic E-state index is 0.00724. The Morgan fingerprint density at radius 1 is 0.967 bits per heavy atom. The summed E-state index contributed by atoms with van der Waals surface area (Å²) in [6, 6.07) is 23.9. The number of carbonyl (C=O) groups is 1. The summed E-state index contributed by atoms with van der Waals surface area (Å²) in [5.41, 5.74) is 4.92. The summed E-state index contributed by atoms with van der Waals surface area (Å²) in [6.07, 6.45) is 2.71. The molecule has 5 aromatic rings. The van der Waals surface area contributed by atoms with Gasteiger partial charge in [0.25, 0.3) is 0 Å². The second-order valence-corrected chi connectivity index (χ2v) is 8.28. The molecule has 0 unspecified atom stereocenters. The lowest BCUT2D eigenvalue weighted by atomic mass is 9.98. The molecule has 148 valence electrons. The van der Waals surface area contributed by atoms with Crippen LogP contribution in [0.25, 0.3) is 21.3 Å². The number of aromatic nitrogens is 3. The number of amides is 1. The highest BCUT2D eigenvalue weighted by atomic mass is 32.1. The van der Waals surface area contributed by atoms with E-state index < -0.39 is 0 Å². The fourth-order valence-corrected chi connectivity index (χ4v) is 4.58. The van der Waals surface area contributed by atoms with E-state index in [1.165, 1.54) is 0 Å². The van der Waals surface area contributed by atoms with Crippen molar-refractivity contribution in [3.8, 4) is 0 Å². The molecule has 0 fully saturated rings. The van der Waals surface area contributed by atoms with Gasteiger partial charge in [0.2, 0.25) is 5.91 Å². The van der Waals surface area contributed by atoms with Gasteiger partial charge in [0, 0.05) is 12.8 Å². The van der Waals surface area contributed by atoms with Crippen LogP contribution in [0.1, 0.15) is 28.6 Å². The van der Waals surface area contributed by atoms with E-state index in [1.54, 1.807) is 17.7 Å². The molecule has 1 atom stereocenters. The van der Waals surface area contributed by atoms with E-state index in [0.29, 0.717) is 12.8 Å². The third-order valence-corrected chi connectivity index (χ3v) is 6.22. The molecule has 2 heterocycles. The molecule has 0 saturated heterocycles. The van der Waals surface area contributed by atoms with E-state index in [1.807, 2.05) is 66.7 Å². The Morgan fingerprint density at radius 2 is 1.80 bits per heavy atom. The van der Waals surface area contributed by atoms with E-state index in [4.69, 9.17) is 0 Å². The van der Waals surface area contributed by atoms with E-state index in [-0.39, 0.29) is 11.9 Å². The Hall–Kier alpha value is -3.51. The first-order valence-electron chi connectivity index (χ1n) is 9.88. The van der Waals surface area contributed by atoms with E-state index in [0.717, 1.165) is 37.4 Å². The van der Waals surface area contributed by atoms with Crippen LogP contribution in [0.5, 0.6) is 0 Å². The van der Waals surface area contributed by atoms with Crippen molar-refractivity contribution in [2.24, 2.45) is 0 Å². The lowest BCUT2D eigenvalue weighted by Gasteiger charge is -2.20. The number of benzene rings is 3. The van der Waals surface area contributed by atoms with Crippen molar-refractivity contribution >= 4 is 38.5 Å². The fourth-order valence-electron chi connectivity index (χ4n) is 3.62. The fraction of sp³-hybridized carbons (Fsp3) is 0.125. The molecular formula is C24H20N4OS. The number of hydrogen-bond acceptors (Lipinski definition) is 4. The first-order valence-corrected chi connectivity index (χ1v) is 10.7. The number of rotatable bonds is 6. The molecule has 0 radical (unpaired) electrons. The number of fused-ring (bicyclic) bond motifs is 2. The van der Waals surface area contributed by atoms with Crippen LogP contribution in [0.3, 0.4) is 0 Å². The molecule has 0 aliphatic rings. The zero-order valence-electron chi connectivity index (χ0n) is 16.2. The van der Waals surface area contributed by atoms with Gasteiger partial charge in [-0.15, -0.1) is 11.3 Å². The van der Waals surface area contributed by atoms with Gasteiger partial charge in [0.1, 0.15) is 0 Å². The normalized spacial score (nSPS) is 12.3. The number of H-pyrrole nitrogens is 1. The minimum atomic E-state index is -0.221. The number of aryl methyl sites for hydroxylation is 1. The van der Waals surface area contributed by atoms with Gasteiger partial charge in [-0.1, -0.05) is 48.5 Å². The molecule has 6 heteroatoms. The van der Waals surface area contributed by atoms with E-state index >= 15 is 0 Å². The van der Waals surface area contributed by atoms with Gasteiger partial charge < -0.3 is 10.3 Å². The Kier molecular flexibility index (Phi) is 4.99. The number of para-hydroxylation sites is 1. The van der Waals surface area contributed by atoms with Crippen LogP contribution in [0.4, 0.5) is 0 Å². The Morgan fingerprint density at radius 3 is 2.67 bits per heavy atom. The largest absolute Gasteiger partial charge is 0.345 e. The molecule has 3 aromatic carbocycles. The van der Waals surface area contributed by atoms with Crippen LogP contribution >= 0.6 is 11.3 Å². The maximum Gasteiger partial charge on any atom is 0.221 e. The van der Waals surface area contributed by atoms with Crippen molar-refractivity contribution in [3.05, 3.63) is 95.3 Å². The molecule has 5 rings (SSSR count). The average Bonchev–Trinajstić information content (AvgIpc) is 3.42. The molecule has 5 nitrogen and oxygen atoms in total. The van der Waals surface area contributed by atoms with Crippen LogP contribution in [-0.4, -0.2) is 20.9 Å². The first kappa shape index (κ1) is 18.5. The molecular weight excluding hydrogens is 392 g/mol. The SMILES string of the molecule is O=C(CCc1nc2ccccc2s1)N[C@H](c1ccccc1)c1ccc2nc[nH]c2c1. The van der Waals surface area contributed by atoms with Gasteiger partial charge in [-0.25, -0.2) is 9.97 Å². The van der Waals surface area contributed by atoms with Crippen LogP contribution < -0.4 is 5.32 Å². The van der Waals surface area contributed by atoms with Crippen molar-refractivity contribution in [2.75, 3.05) is 0 Å². The second kappa shape index (κ2) is 8.08. The summed E-state index contributed by atoms with van der Waals surface area (Å²) >= 11 is 1.65. The molecule has 0 aliphatic heterocycles. The zero-order chi connectivity index (χ0) is 20.3. The molecule has 0 saturated carbocycles. The molecule has 2 aromatic heterocycles. The second-order valence-electron chi connectivity index (χ2n) is 7.17. The van der Waals surface area contributed by atoms with E-state index in [2.05, 4.69) is 26.3 Å². The van der Waals surface area contributed by atoms with Crippen molar-refractivity contribution in [1.82, 2.24) is 20.3 Å². The number of nitrogens with one attached hydrogen (secondary N) is 2. The van der Waals surface area contributed by atoms with Crippen molar-refractivity contribution < 1.29 is 4.79 Å². The number of hydrogen-bond donors (Lipinski definition) is 2. The summed E-state index contributed by atoms with van der Waals surface area (Å²) in [5, 5.41) is 4.20. The lowest BCUT2D eigenvalue weighted by molar-refractivity contribution is -0.121. The summed E-state index contributed by atoms with van der Waals surface area (Å²) in [6.45, 7) is 0. The quantitative estimate of drug-likeness (QED) is 0.412. The number of carbonyl (C=O) groups excluding carboxylic acids is 1. The molecule has 2 N–H and O–H groups in total. The monoisotopic (exact) mass is 412 g/mol. The van der Waals surface area contributed by atoms with Crippen LogP contribution in [-0.2, 0) is 11.2 Å². The van der Waals surface area contributed by atoms with Gasteiger partial charge in [-0.3, -0.25) is 4.79 Å². The molecule has 0 aliphatic carbocycles. The van der Waals surface area contributed by atoms with Crippen LogP contribution in [0.15, 0.2) is 79.1 Å². The maximum absolute atomic E-state index is 12.8. The average molecular weight is 413 g/mol. The van der Waals surface area contributed by atoms with Gasteiger partial charge >= 0.3 is 0 Å². The van der Waals surface area contributed by atoms with Crippen molar-refractivity contribution in [3.63, 3.8) is 0 Å². The standard InChI is InChI=1S/C24H20N4OS/c29-22(12-13-23-27-19-8-4-5-9-21(19)30-23)28-24(16-6-2-1-3-7-16)17-10-11-18-20(14-17)26-15-25-18/h1-11,14-15,24H,12-13H2,(H,25,26)(H,28,29)/t24-/m1/s1. The van der Waals surface area contributed by atoms with Crippen LogP contribution in [0, 0.1) is 0 Å². The summed E-state index contributed by atoms with van der Waals surface area (Å²) < 4.78 is 1.16. The van der Waals surface area contributed by atoms with E-state index in [9.17, 15) is 4.79 Å². The van der Waals surface area contributed by atoms with Gasteiger partial charge in [0.15, 0.2) is 0 Å². The molecule has 1 amide bonds. The highest BCUT2D eigenvalue weighted by Crippen LogP contribution is 2.26. The smallest absolute Gasteiger partial charge is 0.221 e. The lowest BCUT2D eigenvalue weighted by Crippen LogP contribution is -2.29. The Labute approximate surface area is 177 Å². The Bertz CT molecular complexity index is 1280. The number of thiazole rings is 1. The summed E-state index contributed by atoms with van der Waals surface area (Å²) in [7, 11) is 0. The highest BCUT2D eigenvalue weighted by molar-refractivity contribution is 7.18. The number of aromatic amines is 1. The topological polar surface area (TPSA) is 70.7 Å². The maximum atomic E-state index is 12.8. The van der Waals surface area contributed by atoms with Gasteiger partial charge in [-0.05, 0) is 35.4 Å². The zero-order valence-corrected chi connectivity index (χ0v) is 17.0. The van der Waals surface area contributed by atoms with Crippen molar-refractivity contribution in [2.45, 2.75) is 18.9 Å². The summed E-state index contributed by atoms with van der Waals surface area (Å²) in [5.74, 6) is 0.00724. The predicted molar refractivity (Wildman–Crippen MR) is 120 cm³/mol. The van der Waals surface area contributed by atoms with Gasteiger partial charge in [-0.2, -0.15) is 0 Å².